The predicted molar refractivity (Wildman–Crippen MR) is 79.5 cm³/mol. The molecule has 2 heterocycles. The maximum atomic E-state index is 5.52. The molecule has 0 atom stereocenters. The Morgan fingerprint density at radius 3 is 2.84 bits per heavy atom. The first kappa shape index (κ1) is 14.1. The van der Waals surface area contributed by atoms with Crippen molar-refractivity contribution < 1.29 is 4.42 Å². The number of rotatable bonds is 5. The van der Waals surface area contributed by atoms with Crippen LogP contribution in [0.4, 0.5) is 6.01 Å². The van der Waals surface area contributed by atoms with Crippen LogP contribution in [0.1, 0.15) is 32.0 Å². The van der Waals surface area contributed by atoms with Crippen LogP contribution < -0.4 is 10.2 Å². The molecule has 0 amide bonds. The van der Waals surface area contributed by atoms with Gasteiger partial charge >= 0.3 is 0 Å². The van der Waals surface area contributed by atoms with Gasteiger partial charge in [0.05, 0.1) is 5.69 Å². The number of thiophene rings is 1. The minimum atomic E-state index is 0.0850. The summed E-state index contributed by atoms with van der Waals surface area (Å²) >= 11 is 1.71. The monoisotopic (exact) mass is 279 g/mol. The van der Waals surface area contributed by atoms with Crippen LogP contribution >= 0.6 is 11.3 Å². The Balaban J connectivity index is 1.92. The highest BCUT2D eigenvalue weighted by Crippen LogP contribution is 2.16. The Hall–Kier alpha value is -1.33. The number of nitrogens with one attached hydrogen (secondary N) is 1. The van der Waals surface area contributed by atoms with E-state index < -0.39 is 0 Å². The molecule has 2 aromatic rings. The van der Waals surface area contributed by atoms with Crippen molar-refractivity contribution in [1.82, 2.24) is 10.3 Å². The SMILES string of the molecule is CN(Cc1ccsc1)c1nc(CNC(C)(C)C)co1. The van der Waals surface area contributed by atoms with Crippen molar-refractivity contribution in [3.63, 3.8) is 0 Å². The zero-order valence-corrected chi connectivity index (χ0v) is 12.8. The molecule has 0 aliphatic heterocycles. The highest BCUT2D eigenvalue weighted by atomic mass is 32.1. The van der Waals surface area contributed by atoms with Gasteiger partial charge < -0.3 is 14.6 Å². The van der Waals surface area contributed by atoms with Crippen LogP contribution in [0.3, 0.4) is 0 Å². The second kappa shape index (κ2) is 5.75. The van der Waals surface area contributed by atoms with Crippen molar-refractivity contribution in [2.24, 2.45) is 0 Å². The summed E-state index contributed by atoms with van der Waals surface area (Å²) in [7, 11) is 1.99. The fourth-order valence-electron chi connectivity index (χ4n) is 1.63. The predicted octanol–water partition coefficient (Wildman–Crippen LogP) is 3.26. The van der Waals surface area contributed by atoms with Crippen molar-refractivity contribution in [2.45, 2.75) is 39.4 Å². The molecule has 0 saturated carbocycles. The van der Waals surface area contributed by atoms with E-state index in [1.807, 2.05) is 11.9 Å². The molecule has 0 aromatic carbocycles. The summed E-state index contributed by atoms with van der Waals surface area (Å²) in [5.41, 5.74) is 2.30. The molecule has 19 heavy (non-hydrogen) atoms. The van der Waals surface area contributed by atoms with Crippen molar-refractivity contribution >= 4 is 17.4 Å². The molecule has 104 valence electrons. The topological polar surface area (TPSA) is 41.3 Å². The lowest BCUT2D eigenvalue weighted by Crippen LogP contribution is -2.35. The van der Waals surface area contributed by atoms with Crippen molar-refractivity contribution in [1.29, 1.82) is 0 Å². The fourth-order valence-corrected chi connectivity index (χ4v) is 2.29. The van der Waals surface area contributed by atoms with E-state index in [2.05, 4.69) is 47.9 Å². The van der Waals surface area contributed by atoms with Gasteiger partial charge in [0.15, 0.2) is 0 Å². The molecule has 0 unspecified atom stereocenters. The van der Waals surface area contributed by atoms with E-state index in [0.717, 1.165) is 18.8 Å². The number of anilines is 1. The number of aromatic nitrogens is 1. The van der Waals surface area contributed by atoms with E-state index in [1.165, 1.54) is 5.56 Å². The van der Waals surface area contributed by atoms with Crippen LogP contribution in [0.2, 0.25) is 0 Å². The molecular formula is C14H21N3OS. The Bertz CT molecular complexity index is 499. The third-order valence-corrected chi connectivity index (χ3v) is 3.40. The average molecular weight is 279 g/mol. The van der Waals surface area contributed by atoms with E-state index in [4.69, 9.17) is 4.42 Å². The lowest BCUT2D eigenvalue weighted by Gasteiger charge is -2.19. The number of oxazole rings is 1. The van der Waals surface area contributed by atoms with Crippen LogP contribution in [0.25, 0.3) is 0 Å². The second-order valence-corrected chi connectivity index (χ2v) is 6.49. The minimum absolute atomic E-state index is 0.0850. The van der Waals surface area contributed by atoms with Gasteiger partial charge in [0, 0.05) is 25.7 Å². The highest BCUT2D eigenvalue weighted by Gasteiger charge is 2.13. The summed E-state index contributed by atoms with van der Waals surface area (Å²) in [5.74, 6) is 0. The molecule has 1 N–H and O–H groups in total. The highest BCUT2D eigenvalue weighted by molar-refractivity contribution is 7.07. The maximum absolute atomic E-state index is 5.52. The molecular weight excluding hydrogens is 258 g/mol. The Morgan fingerprint density at radius 1 is 1.42 bits per heavy atom. The number of nitrogens with zero attached hydrogens (tertiary/aromatic N) is 2. The molecule has 4 nitrogen and oxygen atoms in total. The molecule has 0 aliphatic rings. The van der Waals surface area contributed by atoms with Gasteiger partial charge in [-0.3, -0.25) is 0 Å². The quantitative estimate of drug-likeness (QED) is 0.912. The van der Waals surface area contributed by atoms with Gasteiger partial charge in [-0.15, -0.1) is 0 Å². The third kappa shape index (κ3) is 4.36. The van der Waals surface area contributed by atoms with E-state index in [9.17, 15) is 0 Å². The van der Waals surface area contributed by atoms with E-state index in [1.54, 1.807) is 17.6 Å². The lowest BCUT2D eigenvalue weighted by atomic mass is 10.1. The van der Waals surface area contributed by atoms with Crippen molar-refractivity contribution in [3.8, 4) is 0 Å². The van der Waals surface area contributed by atoms with Gasteiger partial charge in [0.25, 0.3) is 6.01 Å². The first-order valence-electron chi connectivity index (χ1n) is 6.36. The molecule has 0 aliphatic carbocycles. The molecule has 5 heteroatoms. The number of hydrogen-bond donors (Lipinski definition) is 1. The molecule has 0 saturated heterocycles. The molecule has 0 bridgehead atoms. The molecule has 0 spiro atoms. The van der Waals surface area contributed by atoms with Crippen LogP contribution in [-0.2, 0) is 13.1 Å². The third-order valence-electron chi connectivity index (χ3n) is 2.67. The van der Waals surface area contributed by atoms with Crippen LogP contribution in [0.15, 0.2) is 27.5 Å². The van der Waals surface area contributed by atoms with E-state index >= 15 is 0 Å². The summed E-state index contributed by atoms with van der Waals surface area (Å²) in [6.45, 7) is 7.94. The Labute approximate surface area is 118 Å². The second-order valence-electron chi connectivity index (χ2n) is 5.71. The smallest absolute Gasteiger partial charge is 0.297 e. The van der Waals surface area contributed by atoms with Crippen molar-refractivity contribution in [3.05, 3.63) is 34.3 Å². The largest absolute Gasteiger partial charge is 0.432 e. The summed E-state index contributed by atoms with van der Waals surface area (Å²) in [5, 5.41) is 7.62. The zero-order valence-electron chi connectivity index (χ0n) is 11.9. The van der Waals surface area contributed by atoms with E-state index in [0.29, 0.717) is 6.01 Å². The summed E-state index contributed by atoms with van der Waals surface area (Å²) in [6, 6.07) is 2.78. The molecule has 2 aromatic heterocycles. The maximum Gasteiger partial charge on any atom is 0.297 e. The van der Waals surface area contributed by atoms with Crippen LogP contribution in [-0.4, -0.2) is 17.6 Å². The van der Waals surface area contributed by atoms with Crippen LogP contribution in [0, 0.1) is 0 Å². The van der Waals surface area contributed by atoms with Gasteiger partial charge in [-0.25, -0.2) is 0 Å². The minimum Gasteiger partial charge on any atom is -0.432 e. The van der Waals surface area contributed by atoms with Gasteiger partial charge in [-0.05, 0) is 43.2 Å². The molecule has 0 radical (unpaired) electrons. The van der Waals surface area contributed by atoms with Gasteiger partial charge in [-0.1, -0.05) is 0 Å². The first-order valence-corrected chi connectivity index (χ1v) is 7.30. The number of hydrogen-bond acceptors (Lipinski definition) is 5. The van der Waals surface area contributed by atoms with Crippen LogP contribution in [0.5, 0.6) is 0 Å². The van der Waals surface area contributed by atoms with Gasteiger partial charge in [-0.2, -0.15) is 16.3 Å². The first-order chi connectivity index (χ1) is 8.94. The van der Waals surface area contributed by atoms with Gasteiger partial charge in [0.2, 0.25) is 0 Å². The molecule has 2 rings (SSSR count). The average Bonchev–Trinajstić information content (AvgIpc) is 2.95. The summed E-state index contributed by atoms with van der Waals surface area (Å²) in [6.07, 6.45) is 1.72. The lowest BCUT2D eigenvalue weighted by molar-refractivity contribution is 0.421. The Morgan fingerprint density at radius 2 is 2.21 bits per heavy atom. The van der Waals surface area contributed by atoms with Gasteiger partial charge in [0.1, 0.15) is 6.26 Å². The summed E-state index contributed by atoms with van der Waals surface area (Å²) in [4.78, 5) is 6.51. The fraction of sp³-hybridized carbons (Fsp3) is 0.500. The normalized spacial score (nSPS) is 11.8. The Kier molecular flexibility index (Phi) is 4.27. The zero-order chi connectivity index (χ0) is 13.9. The van der Waals surface area contributed by atoms with E-state index in [-0.39, 0.29) is 5.54 Å². The van der Waals surface area contributed by atoms with Crippen molar-refractivity contribution in [2.75, 3.05) is 11.9 Å². The summed E-state index contributed by atoms with van der Waals surface area (Å²) < 4.78 is 5.52. The standard InChI is InChI=1S/C14H21N3OS/c1-14(2,3)15-7-12-9-18-13(16-12)17(4)8-11-5-6-19-10-11/h5-6,9-10,15H,7-8H2,1-4H3. The molecule has 0 fully saturated rings.